The fourth-order valence-electron chi connectivity index (χ4n) is 2.30. The quantitative estimate of drug-likeness (QED) is 0.840. The first kappa shape index (κ1) is 15.0. The van der Waals surface area contributed by atoms with Crippen molar-refractivity contribution in [3.63, 3.8) is 0 Å². The lowest BCUT2D eigenvalue weighted by Crippen LogP contribution is -2.23. The first-order valence-electron chi connectivity index (χ1n) is 6.89. The van der Waals surface area contributed by atoms with E-state index in [4.69, 9.17) is 17.3 Å². The molecule has 1 atom stereocenters. The Balaban J connectivity index is 1.81. The van der Waals surface area contributed by atoms with Gasteiger partial charge >= 0.3 is 0 Å². The standard InChI is InChI=1S/C17H19ClFN/c18-17-14(9-5-11-16(17)19)12-15(20)10-4-8-13-6-2-1-3-7-13/h1-3,5-7,9,11,15H,4,8,10,12,20H2. The van der Waals surface area contributed by atoms with Gasteiger partial charge in [-0.05, 0) is 42.9 Å². The number of halogens is 2. The third kappa shape index (κ3) is 4.32. The Morgan fingerprint density at radius 1 is 1.05 bits per heavy atom. The van der Waals surface area contributed by atoms with Crippen LogP contribution < -0.4 is 5.73 Å². The lowest BCUT2D eigenvalue weighted by molar-refractivity contribution is 0.575. The van der Waals surface area contributed by atoms with Crippen LogP contribution in [0.15, 0.2) is 48.5 Å². The van der Waals surface area contributed by atoms with Crippen molar-refractivity contribution in [2.24, 2.45) is 5.73 Å². The zero-order valence-corrected chi connectivity index (χ0v) is 12.1. The minimum Gasteiger partial charge on any atom is -0.327 e. The molecule has 0 bridgehead atoms. The lowest BCUT2D eigenvalue weighted by atomic mass is 10.00. The van der Waals surface area contributed by atoms with Crippen LogP contribution in [0, 0.1) is 5.82 Å². The average Bonchev–Trinajstić information content (AvgIpc) is 2.45. The molecule has 0 fully saturated rings. The normalized spacial score (nSPS) is 12.3. The molecule has 2 aromatic rings. The van der Waals surface area contributed by atoms with Gasteiger partial charge in [0.05, 0.1) is 5.02 Å². The van der Waals surface area contributed by atoms with Crippen molar-refractivity contribution >= 4 is 11.6 Å². The zero-order chi connectivity index (χ0) is 14.4. The van der Waals surface area contributed by atoms with E-state index in [-0.39, 0.29) is 16.9 Å². The van der Waals surface area contributed by atoms with Crippen molar-refractivity contribution in [2.75, 3.05) is 0 Å². The van der Waals surface area contributed by atoms with Crippen LogP contribution in [0.3, 0.4) is 0 Å². The fraction of sp³-hybridized carbons (Fsp3) is 0.294. The Kier molecular flexibility index (Phi) is 5.57. The van der Waals surface area contributed by atoms with Crippen LogP contribution >= 0.6 is 11.6 Å². The molecule has 2 aromatic carbocycles. The van der Waals surface area contributed by atoms with E-state index in [1.165, 1.54) is 11.6 Å². The van der Waals surface area contributed by atoms with E-state index in [0.29, 0.717) is 6.42 Å². The van der Waals surface area contributed by atoms with Crippen LogP contribution in [0.2, 0.25) is 5.02 Å². The number of rotatable bonds is 6. The molecule has 1 nitrogen and oxygen atoms in total. The predicted molar refractivity (Wildman–Crippen MR) is 82.5 cm³/mol. The van der Waals surface area contributed by atoms with Gasteiger partial charge in [-0.1, -0.05) is 54.1 Å². The van der Waals surface area contributed by atoms with Crippen LogP contribution in [0.4, 0.5) is 4.39 Å². The van der Waals surface area contributed by atoms with Gasteiger partial charge < -0.3 is 5.73 Å². The lowest BCUT2D eigenvalue weighted by Gasteiger charge is -2.13. The monoisotopic (exact) mass is 291 g/mol. The second-order valence-corrected chi connectivity index (χ2v) is 5.43. The second kappa shape index (κ2) is 7.41. The van der Waals surface area contributed by atoms with Gasteiger partial charge in [-0.25, -0.2) is 4.39 Å². The SMILES string of the molecule is NC(CCCc1ccccc1)Cc1cccc(F)c1Cl. The van der Waals surface area contributed by atoms with Crippen molar-refractivity contribution in [3.8, 4) is 0 Å². The Bertz CT molecular complexity index is 542. The smallest absolute Gasteiger partial charge is 0.142 e. The highest BCUT2D eigenvalue weighted by molar-refractivity contribution is 6.31. The van der Waals surface area contributed by atoms with E-state index in [2.05, 4.69) is 12.1 Å². The second-order valence-electron chi connectivity index (χ2n) is 5.05. The number of hydrogen-bond donors (Lipinski definition) is 1. The summed E-state index contributed by atoms with van der Waals surface area (Å²) in [7, 11) is 0. The molecular weight excluding hydrogens is 273 g/mol. The molecule has 0 aliphatic heterocycles. The molecule has 2 N–H and O–H groups in total. The molecule has 0 aromatic heterocycles. The minimum atomic E-state index is -0.374. The van der Waals surface area contributed by atoms with E-state index in [9.17, 15) is 4.39 Å². The van der Waals surface area contributed by atoms with Gasteiger partial charge in [-0.15, -0.1) is 0 Å². The van der Waals surface area contributed by atoms with Crippen LogP contribution in [0.1, 0.15) is 24.0 Å². The molecule has 0 radical (unpaired) electrons. The minimum absolute atomic E-state index is 0.0120. The maximum atomic E-state index is 13.3. The van der Waals surface area contributed by atoms with Crippen molar-refractivity contribution in [1.82, 2.24) is 0 Å². The highest BCUT2D eigenvalue weighted by Gasteiger charge is 2.10. The van der Waals surface area contributed by atoms with Gasteiger partial charge in [0.25, 0.3) is 0 Å². The van der Waals surface area contributed by atoms with Crippen LogP contribution in [0.5, 0.6) is 0 Å². The van der Waals surface area contributed by atoms with Crippen molar-refractivity contribution in [3.05, 3.63) is 70.5 Å². The highest BCUT2D eigenvalue weighted by Crippen LogP contribution is 2.21. The van der Waals surface area contributed by atoms with E-state index < -0.39 is 0 Å². The van der Waals surface area contributed by atoms with Gasteiger partial charge in [-0.2, -0.15) is 0 Å². The molecule has 20 heavy (non-hydrogen) atoms. The topological polar surface area (TPSA) is 26.0 Å². The molecule has 2 rings (SSSR count). The average molecular weight is 292 g/mol. The summed E-state index contributed by atoms with van der Waals surface area (Å²) in [5.74, 6) is -0.374. The van der Waals surface area contributed by atoms with Gasteiger partial charge in [0.15, 0.2) is 0 Å². The van der Waals surface area contributed by atoms with Gasteiger partial charge in [0.2, 0.25) is 0 Å². The molecule has 0 saturated heterocycles. The zero-order valence-electron chi connectivity index (χ0n) is 11.4. The molecule has 1 unspecified atom stereocenters. The Morgan fingerprint density at radius 3 is 2.55 bits per heavy atom. The number of hydrogen-bond acceptors (Lipinski definition) is 1. The molecule has 0 aliphatic carbocycles. The summed E-state index contributed by atoms with van der Waals surface area (Å²) in [5.41, 5.74) is 8.22. The van der Waals surface area contributed by atoms with Crippen LogP contribution in [-0.2, 0) is 12.8 Å². The highest BCUT2D eigenvalue weighted by atomic mass is 35.5. The molecule has 106 valence electrons. The summed E-state index contributed by atoms with van der Waals surface area (Å²) in [6.45, 7) is 0. The number of aryl methyl sites for hydroxylation is 1. The summed E-state index contributed by atoms with van der Waals surface area (Å²) in [4.78, 5) is 0. The molecule has 0 spiro atoms. The summed E-state index contributed by atoms with van der Waals surface area (Å²) >= 11 is 5.94. The van der Waals surface area contributed by atoms with E-state index in [1.54, 1.807) is 6.07 Å². The molecule has 0 aliphatic rings. The number of benzene rings is 2. The Hall–Kier alpha value is -1.38. The first-order valence-corrected chi connectivity index (χ1v) is 7.27. The largest absolute Gasteiger partial charge is 0.327 e. The van der Waals surface area contributed by atoms with Gasteiger partial charge in [0, 0.05) is 6.04 Å². The van der Waals surface area contributed by atoms with Gasteiger partial charge in [-0.3, -0.25) is 0 Å². The summed E-state index contributed by atoms with van der Waals surface area (Å²) in [6.07, 6.45) is 3.57. The van der Waals surface area contributed by atoms with E-state index in [0.717, 1.165) is 24.8 Å². The van der Waals surface area contributed by atoms with E-state index in [1.807, 2.05) is 24.3 Å². The molecule has 0 amide bonds. The third-order valence-electron chi connectivity index (χ3n) is 3.40. The van der Waals surface area contributed by atoms with Crippen LogP contribution in [0.25, 0.3) is 0 Å². The first-order chi connectivity index (χ1) is 9.66. The molecule has 0 saturated carbocycles. The van der Waals surface area contributed by atoms with E-state index >= 15 is 0 Å². The predicted octanol–water partition coefficient (Wildman–Crippen LogP) is 4.37. The Morgan fingerprint density at radius 2 is 1.80 bits per heavy atom. The summed E-state index contributed by atoms with van der Waals surface area (Å²) in [5, 5.41) is 0.200. The summed E-state index contributed by atoms with van der Waals surface area (Å²) in [6, 6.07) is 15.2. The molecule has 3 heteroatoms. The van der Waals surface area contributed by atoms with Gasteiger partial charge in [0.1, 0.15) is 5.82 Å². The van der Waals surface area contributed by atoms with Crippen molar-refractivity contribution in [1.29, 1.82) is 0 Å². The maximum Gasteiger partial charge on any atom is 0.142 e. The number of nitrogens with two attached hydrogens (primary N) is 1. The fourth-order valence-corrected chi connectivity index (χ4v) is 2.51. The van der Waals surface area contributed by atoms with Crippen molar-refractivity contribution < 1.29 is 4.39 Å². The maximum absolute atomic E-state index is 13.3. The van der Waals surface area contributed by atoms with Crippen molar-refractivity contribution in [2.45, 2.75) is 31.7 Å². The molecule has 0 heterocycles. The molecular formula is C17H19ClFN. The third-order valence-corrected chi connectivity index (χ3v) is 3.82. The Labute approximate surface area is 124 Å². The summed E-state index contributed by atoms with van der Waals surface area (Å²) < 4.78 is 13.3. The van der Waals surface area contributed by atoms with Crippen LogP contribution in [-0.4, -0.2) is 6.04 Å².